The van der Waals surface area contributed by atoms with E-state index in [1.54, 1.807) is 12.1 Å². The minimum atomic E-state index is -0.927. The molecule has 1 atom stereocenters. The first kappa shape index (κ1) is 19.8. The van der Waals surface area contributed by atoms with Crippen LogP contribution in [0.25, 0.3) is 0 Å². The second kappa shape index (κ2) is 9.28. The lowest BCUT2D eigenvalue weighted by molar-refractivity contribution is -0.152. The van der Waals surface area contributed by atoms with E-state index in [4.69, 9.17) is 4.74 Å². The highest BCUT2D eigenvalue weighted by Crippen LogP contribution is 2.14. The minimum Gasteiger partial charge on any atom is -0.452 e. The molecule has 2 aromatic rings. The Morgan fingerprint density at radius 3 is 2.42 bits per heavy atom. The fourth-order valence-electron chi connectivity index (χ4n) is 2.10. The summed E-state index contributed by atoms with van der Waals surface area (Å²) < 4.78 is 18.0. The molecule has 6 nitrogen and oxygen atoms in total. The molecule has 0 saturated carbocycles. The second-order valence-electron chi connectivity index (χ2n) is 5.70. The molecule has 1 amide bonds. The van der Waals surface area contributed by atoms with E-state index in [1.165, 1.54) is 19.1 Å². The van der Waals surface area contributed by atoms with E-state index in [-0.39, 0.29) is 18.1 Å². The first-order valence-corrected chi connectivity index (χ1v) is 8.99. The van der Waals surface area contributed by atoms with Gasteiger partial charge in [0.2, 0.25) is 0 Å². The number of hydrogen-bond donors (Lipinski definition) is 1. The zero-order chi connectivity index (χ0) is 19.1. The van der Waals surface area contributed by atoms with Gasteiger partial charge in [-0.1, -0.05) is 23.9 Å². The molecule has 0 spiro atoms. The number of benzene rings is 1. The third-order valence-corrected chi connectivity index (χ3v) is 4.16. The molecule has 0 saturated heterocycles. The fraction of sp³-hybridized carbons (Fsp3) is 0.333. The van der Waals surface area contributed by atoms with Crippen molar-refractivity contribution in [1.82, 2.24) is 15.3 Å². The van der Waals surface area contributed by atoms with Gasteiger partial charge in [-0.25, -0.2) is 14.4 Å². The van der Waals surface area contributed by atoms with Crippen LogP contribution in [0.2, 0.25) is 0 Å². The van der Waals surface area contributed by atoms with Crippen molar-refractivity contribution in [3.8, 4) is 0 Å². The highest BCUT2D eigenvalue weighted by molar-refractivity contribution is 7.99. The molecule has 0 unspecified atom stereocenters. The van der Waals surface area contributed by atoms with Gasteiger partial charge < -0.3 is 10.1 Å². The highest BCUT2D eigenvalue weighted by atomic mass is 32.2. The second-order valence-corrected chi connectivity index (χ2v) is 6.64. The van der Waals surface area contributed by atoms with Gasteiger partial charge in [0, 0.05) is 17.9 Å². The van der Waals surface area contributed by atoms with Crippen LogP contribution in [0.3, 0.4) is 0 Å². The zero-order valence-electron chi connectivity index (χ0n) is 14.8. The normalized spacial score (nSPS) is 11.7. The van der Waals surface area contributed by atoms with Gasteiger partial charge in [-0.15, -0.1) is 0 Å². The largest absolute Gasteiger partial charge is 0.452 e. The van der Waals surface area contributed by atoms with Crippen LogP contribution in [-0.2, 0) is 20.9 Å². The van der Waals surface area contributed by atoms with Crippen molar-refractivity contribution in [3.63, 3.8) is 0 Å². The molecule has 0 fully saturated rings. The molecule has 0 aliphatic heterocycles. The number of aryl methyl sites for hydroxylation is 2. The minimum absolute atomic E-state index is 0.0124. The van der Waals surface area contributed by atoms with Crippen molar-refractivity contribution in [2.75, 3.05) is 5.75 Å². The summed E-state index contributed by atoms with van der Waals surface area (Å²) in [6.07, 6.45) is -0.927. The fourth-order valence-corrected chi connectivity index (χ4v) is 2.83. The summed E-state index contributed by atoms with van der Waals surface area (Å²) in [4.78, 5) is 32.3. The van der Waals surface area contributed by atoms with Crippen molar-refractivity contribution in [3.05, 3.63) is 53.1 Å². The number of nitrogens with zero attached hydrogens (tertiary/aromatic N) is 2. The molecular weight excluding hydrogens is 357 g/mol. The van der Waals surface area contributed by atoms with Crippen LogP contribution >= 0.6 is 11.8 Å². The van der Waals surface area contributed by atoms with Crippen LogP contribution < -0.4 is 5.32 Å². The van der Waals surface area contributed by atoms with Gasteiger partial charge in [0.05, 0.1) is 5.75 Å². The van der Waals surface area contributed by atoms with Gasteiger partial charge in [-0.3, -0.25) is 9.59 Å². The van der Waals surface area contributed by atoms with E-state index in [0.29, 0.717) is 5.16 Å². The molecule has 1 N–H and O–H groups in total. The molecule has 1 aromatic heterocycles. The van der Waals surface area contributed by atoms with Crippen molar-refractivity contribution < 1.29 is 18.7 Å². The van der Waals surface area contributed by atoms with Gasteiger partial charge in [-0.2, -0.15) is 0 Å². The number of halogens is 1. The van der Waals surface area contributed by atoms with Crippen LogP contribution in [-0.4, -0.2) is 33.7 Å². The number of rotatable bonds is 7. The molecule has 1 heterocycles. The lowest BCUT2D eigenvalue weighted by Crippen LogP contribution is -2.35. The van der Waals surface area contributed by atoms with E-state index in [0.717, 1.165) is 28.7 Å². The smallest absolute Gasteiger partial charge is 0.317 e. The van der Waals surface area contributed by atoms with E-state index < -0.39 is 18.0 Å². The van der Waals surface area contributed by atoms with E-state index in [2.05, 4.69) is 15.3 Å². The summed E-state index contributed by atoms with van der Waals surface area (Å²) in [6, 6.07) is 7.63. The predicted octanol–water partition coefficient (Wildman–Crippen LogP) is 2.57. The summed E-state index contributed by atoms with van der Waals surface area (Å²) in [5, 5.41) is 3.14. The first-order valence-electron chi connectivity index (χ1n) is 8.00. The average Bonchev–Trinajstić information content (AvgIpc) is 2.58. The highest BCUT2D eigenvalue weighted by Gasteiger charge is 2.18. The number of amides is 1. The number of carbonyl (C=O) groups excluding carboxylic acids is 2. The zero-order valence-corrected chi connectivity index (χ0v) is 15.6. The summed E-state index contributed by atoms with van der Waals surface area (Å²) in [5.74, 6) is -1.27. The number of nitrogens with one attached hydrogen (secondary N) is 1. The van der Waals surface area contributed by atoms with Crippen LogP contribution in [0, 0.1) is 19.7 Å². The van der Waals surface area contributed by atoms with E-state index >= 15 is 0 Å². The van der Waals surface area contributed by atoms with E-state index in [9.17, 15) is 14.0 Å². The molecule has 1 aromatic carbocycles. The molecule has 0 bridgehead atoms. The third kappa shape index (κ3) is 6.44. The van der Waals surface area contributed by atoms with Gasteiger partial charge in [0.1, 0.15) is 5.82 Å². The number of ether oxygens (including phenoxy) is 1. The topological polar surface area (TPSA) is 81.2 Å². The summed E-state index contributed by atoms with van der Waals surface area (Å²) >= 11 is 1.16. The Balaban J connectivity index is 1.76. The Bertz CT molecular complexity index is 764. The van der Waals surface area contributed by atoms with Crippen LogP contribution in [0.15, 0.2) is 35.5 Å². The molecule has 138 valence electrons. The number of carbonyl (C=O) groups is 2. The van der Waals surface area contributed by atoms with Crippen LogP contribution in [0.5, 0.6) is 0 Å². The lowest BCUT2D eigenvalue weighted by Gasteiger charge is -2.13. The SMILES string of the molecule is Cc1cc(C)nc(SCC(=O)O[C@H](C)C(=O)NCc2ccc(F)cc2)n1. The Morgan fingerprint density at radius 1 is 1.19 bits per heavy atom. The Kier molecular flexibility index (Phi) is 7.08. The quantitative estimate of drug-likeness (QED) is 0.454. The maximum absolute atomic E-state index is 12.8. The molecule has 0 radical (unpaired) electrons. The van der Waals surface area contributed by atoms with E-state index in [1.807, 2.05) is 19.9 Å². The van der Waals surface area contributed by atoms with Gasteiger partial charge in [0.25, 0.3) is 5.91 Å². The van der Waals surface area contributed by atoms with Gasteiger partial charge in [-0.05, 0) is 44.5 Å². The van der Waals surface area contributed by atoms with Gasteiger partial charge >= 0.3 is 5.97 Å². The van der Waals surface area contributed by atoms with Crippen LogP contribution in [0.4, 0.5) is 4.39 Å². The maximum atomic E-state index is 12.8. The summed E-state index contributed by atoms with van der Waals surface area (Å²) in [7, 11) is 0. The molecule has 2 rings (SSSR count). The number of esters is 1. The predicted molar refractivity (Wildman–Crippen MR) is 96.0 cm³/mol. The maximum Gasteiger partial charge on any atom is 0.317 e. The first-order chi connectivity index (χ1) is 12.3. The average molecular weight is 377 g/mol. The lowest BCUT2D eigenvalue weighted by atomic mass is 10.2. The molecular formula is C18H20FN3O3S. The number of aromatic nitrogens is 2. The third-order valence-electron chi connectivity index (χ3n) is 3.34. The van der Waals surface area contributed by atoms with Gasteiger partial charge in [0.15, 0.2) is 11.3 Å². The van der Waals surface area contributed by atoms with Crippen molar-refractivity contribution >= 4 is 23.6 Å². The van der Waals surface area contributed by atoms with Crippen LogP contribution in [0.1, 0.15) is 23.9 Å². The summed E-state index contributed by atoms with van der Waals surface area (Å²) in [6.45, 7) is 5.43. The standard InChI is InChI=1S/C18H20FN3O3S/c1-11-8-12(2)22-18(21-11)26-10-16(23)25-13(3)17(24)20-9-14-4-6-15(19)7-5-14/h4-8,13H,9-10H2,1-3H3,(H,20,24)/t13-/m1/s1. The molecule has 26 heavy (non-hydrogen) atoms. The molecule has 0 aliphatic carbocycles. The van der Waals surface area contributed by atoms with Crippen molar-refractivity contribution in [1.29, 1.82) is 0 Å². The Morgan fingerprint density at radius 2 is 1.81 bits per heavy atom. The Hall–Kier alpha value is -2.48. The molecule has 8 heteroatoms. The number of hydrogen-bond acceptors (Lipinski definition) is 6. The molecule has 0 aliphatic rings. The van der Waals surface area contributed by atoms with Crippen molar-refractivity contribution in [2.45, 2.75) is 38.6 Å². The van der Waals surface area contributed by atoms with Crippen molar-refractivity contribution in [2.24, 2.45) is 0 Å². The summed E-state index contributed by atoms with van der Waals surface area (Å²) in [5.41, 5.74) is 2.39. The Labute approximate surface area is 155 Å². The monoisotopic (exact) mass is 377 g/mol. The number of thioether (sulfide) groups is 1.